The molecule has 1 aromatic heterocycles. The van der Waals surface area contributed by atoms with E-state index >= 15 is 0 Å². The van der Waals surface area contributed by atoms with Gasteiger partial charge in [0.15, 0.2) is 0 Å². The maximum Gasteiger partial charge on any atom is 0.0746 e. The van der Waals surface area contributed by atoms with Gasteiger partial charge in [-0.05, 0) is 32.5 Å². The molecule has 0 aliphatic heterocycles. The van der Waals surface area contributed by atoms with Crippen molar-refractivity contribution in [1.82, 2.24) is 9.88 Å². The van der Waals surface area contributed by atoms with Gasteiger partial charge in [0.1, 0.15) is 0 Å². The SMILES string of the molecule is CN(Cc1cccc2cccnc12)C(C)(C)CCl. The summed E-state index contributed by atoms with van der Waals surface area (Å²) in [4.78, 5) is 6.75. The molecule has 1 heterocycles. The Morgan fingerprint density at radius 2 is 1.94 bits per heavy atom. The molecule has 0 spiro atoms. The number of aromatic nitrogens is 1. The minimum Gasteiger partial charge on any atom is -0.296 e. The fourth-order valence-corrected chi connectivity index (χ4v) is 2.07. The minimum absolute atomic E-state index is 0.0154. The predicted molar refractivity (Wildman–Crippen MR) is 78.0 cm³/mol. The molecule has 0 unspecified atom stereocenters. The van der Waals surface area contributed by atoms with Gasteiger partial charge in [0.25, 0.3) is 0 Å². The number of halogens is 1. The van der Waals surface area contributed by atoms with E-state index in [2.05, 4.69) is 55.0 Å². The molecule has 0 radical (unpaired) electrons. The van der Waals surface area contributed by atoms with Gasteiger partial charge in [-0.15, -0.1) is 11.6 Å². The Labute approximate surface area is 114 Å². The van der Waals surface area contributed by atoms with Crippen LogP contribution in [0.4, 0.5) is 0 Å². The van der Waals surface area contributed by atoms with E-state index < -0.39 is 0 Å². The topological polar surface area (TPSA) is 16.1 Å². The van der Waals surface area contributed by atoms with Gasteiger partial charge in [0, 0.05) is 29.5 Å². The van der Waals surface area contributed by atoms with Crippen molar-refractivity contribution in [2.75, 3.05) is 12.9 Å². The van der Waals surface area contributed by atoms with E-state index in [1.807, 2.05) is 12.3 Å². The highest BCUT2D eigenvalue weighted by atomic mass is 35.5. The van der Waals surface area contributed by atoms with Crippen LogP contribution in [0.2, 0.25) is 0 Å². The molecule has 0 bridgehead atoms. The summed E-state index contributed by atoms with van der Waals surface area (Å²) in [5, 5.41) is 1.19. The number of pyridine rings is 1. The van der Waals surface area contributed by atoms with Gasteiger partial charge in [-0.2, -0.15) is 0 Å². The number of hydrogen-bond acceptors (Lipinski definition) is 2. The molecule has 2 nitrogen and oxygen atoms in total. The van der Waals surface area contributed by atoms with Crippen molar-refractivity contribution in [3.05, 3.63) is 42.1 Å². The highest BCUT2D eigenvalue weighted by Gasteiger charge is 2.22. The zero-order valence-electron chi connectivity index (χ0n) is 11.2. The van der Waals surface area contributed by atoms with Crippen LogP contribution >= 0.6 is 11.6 Å². The average Bonchev–Trinajstić information content (AvgIpc) is 2.39. The smallest absolute Gasteiger partial charge is 0.0746 e. The van der Waals surface area contributed by atoms with E-state index in [9.17, 15) is 0 Å². The molecule has 3 heteroatoms. The van der Waals surface area contributed by atoms with E-state index in [4.69, 9.17) is 11.6 Å². The molecule has 96 valence electrons. The quantitative estimate of drug-likeness (QED) is 0.782. The van der Waals surface area contributed by atoms with Crippen molar-refractivity contribution in [3.8, 4) is 0 Å². The molecular formula is C15H19ClN2. The summed E-state index contributed by atoms with van der Waals surface area (Å²) in [7, 11) is 2.10. The van der Waals surface area contributed by atoms with E-state index in [0.717, 1.165) is 12.1 Å². The van der Waals surface area contributed by atoms with Gasteiger partial charge < -0.3 is 0 Å². The molecule has 2 rings (SSSR count). The van der Waals surface area contributed by atoms with Crippen molar-refractivity contribution >= 4 is 22.5 Å². The first-order chi connectivity index (χ1) is 8.54. The minimum atomic E-state index is -0.0154. The second-order valence-corrected chi connectivity index (χ2v) is 5.56. The summed E-state index contributed by atoms with van der Waals surface area (Å²) < 4.78 is 0. The lowest BCUT2D eigenvalue weighted by Gasteiger charge is -2.34. The van der Waals surface area contributed by atoms with Gasteiger partial charge in [-0.3, -0.25) is 9.88 Å². The summed E-state index contributed by atoms with van der Waals surface area (Å²) in [5.41, 5.74) is 2.31. The molecule has 0 aliphatic carbocycles. The third-order valence-electron chi connectivity index (χ3n) is 3.48. The Kier molecular flexibility index (Phi) is 3.88. The molecule has 0 aliphatic rings. The van der Waals surface area contributed by atoms with Gasteiger partial charge >= 0.3 is 0 Å². The van der Waals surface area contributed by atoms with E-state index in [1.54, 1.807) is 0 Å². The Morgan fingerprint density at radius 3 is 2.67 bits per heavy atom. The van der Waals surface area contributed by atoms with Crippen molar-refractivity contribution in [2.24, 2.45) is 0 Å². The van der Waals surface area contributed by atoms with Crippen LogP contribution in [0.5, 0.6) is 0 Å². The second kappa shape index (κ2) is 5.25. The van der Waals surface area contributed by atoms with Crippen LogP contribution < -0.4 is 0 Å². The highest BCUT2D eigenvalue weighted by Crippen LogP contribution is 2.21. The predicted octanol–water partition coefficient (Wildman–Crippen LogP) is 3.68. The van der Waals surface area contributed by atoms with Crippen LogP contribution in [-0.2, 0) is 6.54 Å². The first kappa shape index (κ1) is 13.3. The molecule has 18 heavy (non-hydrogen) atoms. The average molecular weight is 263 g/mol. The van der Waals surface area contributed by atoms with Crippen LogP contribution in [0.15, 0.2) is 36.5 Å². The lowest BCUT2D eigenvalue weighted by molar-refractivity contribution is 0.171. The van der Waals surface area contributed by atoms with Gasteiger partial charge in [0.05, 0.1) is 5.52 Å². The Morgan fingerprint density at radius 1 is 1.22 bits per heavy atom. The van der Waals surface area contributed by atoms with Gasteiger partial charge in [0.2, 0.25) is 0 Å². The molecule has 0 amide bonds. The number of fused-ring (bicyclic) bond motifs is 1. The van der Waals surface area contributed by atoms with Crippen LogP contribution in [0.3, 0.4) is 0 Å². The Bertz CT molecular complexity index is 532. The molecule has 2 aromatic rings. The van der Waals surface area contributed by atoms with Crippen LogP contribution in [0.1, 0.15) is 19.4 Å². The lowest BCUT2D eigenvalue weighted by Crippen LogP contribution is -2.42. The monoisotopic (exact) mass is 262 g/mol. The number of benzene rings is 1. The molecule has 1 aromatic carbocycles. The van der Waals surface area contributed by atoms with Crippen molar-refractivity contribution in [1.29, 1.82) is 0 Å². The zero-order chi connectivity index (χ0) is 13.2. The van der Waals surface area contributed by atoms with E-state index in [1.165, 1.54) is 10.9 Å². The number of alkyl halides is 1. The third-order valence-corrected chi connectivity index (χ3v) is 4.14. The summed E-state index contributed by atoms with van der Waals surface area (Å²) in [6, 6.07) is 10.4. The Balaban J connectivity index is 2.32. The molecule has 0 saturated carbocycles. The molecule has 0 N–H and O–H groups in total. The molecule has 0 saturated heterocycles. The fraction of sp³-hybridized carbons (Fsp3) is 0.400. The summed E-state index contributed by atoms with van der Waals surface area (Å²) in [6.45, 7) is 5.16. The molecular weight excluding hydrogens is 244 g/mol. The fourth-order valence-electron chi connectivity index (χ4n) is 1.87. The summed E-state index contributed by atoms with van der Waals surface area (Å²) >= 11 is 6.02. The maximum atomic E-state index is 6.02. The van der Waals surface area contributed by atoms with Crippen LogP contribution in [-0.4, -0.2) is 28.4 Å². The summed E-state index contributed by atoms with van der Waals surface area (Å²) in [6.07, 6.45) is 1.85. The van der Waals surface area contributed by atoms with Crippen molar-refractivity contribution in [3.63, 3.8) is 0 Å². The van der Waals surface area contributed by atoms with Gasteiger partial charge in [-0.25, -0.2) is 0 Å². The van der Waals surface area contributed by atoms with E-state index in [-0.39, 0.29) is 5.54 Å². The first-order valence-electron chi connectivity index (χ1n) is 6.14. The number of para-hydroxylation sites is 1. The second-order valence-electron chi connectivity index (χ2n) is 5.29. The first-order valence-corrected chi connectivity index (χ1v) is 6.68. The summed E-state index contributed by atoms with van der Waals surface area (Å²) in [5.74, 6) is 0.613. The van der Waals surface area contributed by atoms with Crippen LogP contribution in [0, 0.1) is 0 Å². The maximum absolute atomic E-state index is 6.02. The van der Waals surface area contributed by atoms with E-state index in [0.29, 0.717) is 5.88 Å². The van der Waals surface area contributed by atoms with Gasteiger partial charge in [-0.1, -0.05) is 24.3 Å². The largest absolute Gasteiger partial charge is 0.296 e. The molecule has 0 atom stereocenters. The standard InChI is InChI=1S/C15H19ClN2/c1-15(2,11-16)18(3)10-13-7-4-6-12-8-5-9-17-14(12)13/h4-9H,10-11H2,1-3H3. The normalized spacial score (nSPS) is 12.3. The molecule has 0 fully saturated rings. The third kappa shape index (κ3) is 2.65. The highest BCUT2D eigenvalue weighted by molar-refractivity contribution is 6.18. The van der Waals surface area contributed by atoms with Crippen molar-refractivity contribution < 1.29 is 0 Å². The Hall–Kier alpha value is -1.12. The number of hydrogen-bond donors (Lipinski definition) is 0. The lowest BCUT2D eigenvalue weighted by atomic mass is 10.0. The van der Waals surface area contributed by atoms with Crippen molar-refractivity contribution in [2.45, 2.75) is 25.9 Å². The van der Waals surface area contributed by atoms with Crippen LogP contribution in [0.25, 0.3) is 10.9 Å². The zero-order valence-corrected chi connectivity index (χ0v) is 11.9. The number of rotatable bonds is 4. The number of nitrogens with zero attached hydrogens (tertiary/aromatic N) is 2.